The van der Waals surface area contributed by atoms with E-state index in [0.717, 1.165) is 49.8 Å². The molecule has 0 radical (unpaired) electrons. The average Bonchev–Trinajstić information content (AvgIpc) is 3.58. The van der Waals surface area contributed by atoms with Crippen molar-refractivity contribution in [1.82, 2.24) is 0 Å². The highest BCUT2D eigenvalue weighted by Crippen LogP contribution is 2.38. The molecule has 242 valence electrons. The van der Waals surface area contributed by atoms with Crippen LogP contribution in [0.25, 0.3) is 65.7 Å². The fourth-order valence-electron chi connectivity index (χ4n) is 7.10. The predicted octanol–water partition coefficient (Wildman–Crippen LogP) is 11.6. The van der Waals surface area contributed by atoms with Crippen molar-refractivity contribution in [3.63, 3.8) is 0 Å². The highest BCUT2D eigenvalue weighted by Gasteiger charge is 2.16. The first-order valence-electron chi connectivity index (χ1n) is 17.1. The molecule has 1 heterocycles. The number of benzene rings is 8. The van der Waals surface area contributed by atoms with Gasteiger partial charge in [0, 0.05) is 21.9 Å². The fourth-order valence-corrected chi connectivity index (χ4v) is 7.10. The molecule has 9 aromatic rings. The van der Waals surface area contributed by atoms with E-state index in [9.17, 15) is 0 Å². The zero-order valence-electron chi connectivity index (χ0n) is 27.8. The van der Waals surface area contributed by atoms with Gasteiger partial charge in [-0.15, -0.1) is 0 Å². The van der Waals surface area contributed by atoms with E-state index in [2.05, 4.69) is 121 Å². The monoisotopic (exact) mass is 655 g/mol. The molecule has 0 spiro atoms. The Morgan fingerprint density at radius 1 is 0.510 bits per heavy atom. The maximum atomic E-state index is 6.92. The molecule has 51 heavy (non-hydrogen) atoms. The molecule has 0 amide bonds. The summed E-state index contributed by atoms with van der Waals surface area (Å²) >= 11 is 0. The number of amidine groups is 2. The zero-order valence-corrected chi connectivity index (χ0v) is 27.8. The summed E-state index contributed by atoms with van der Waals surface area (Å²) in [4.78, 5) is 10.0. The number of rotatable bonds is 6. The largest absolute Gasteiger partial charge is 0.456 e. The van der Waals surface area contributed by atoms with Gasteiger partial charge in [-0.05, 0) is 73.6 Å². The molecule has 1 aromatic heterocycles. The van der Waals surface area contributed by atoms with Crippen LogP contribution in [0.4, 0.5) is 0 Å². The van der Waals surface area contributed by atoms with Gasteiger partial charge in [0.1, 0.15) is 17.0 Å². The maximum Gasteiger partial charge on any atom is 0.157 e. The lowest BCUT2D eigenvalue weighted by molar-refractivity contribution is 0.669. The highest BCUT2D eigenvalue weighted by atomic mass is 16.3. The molecule has 8 aromatic carbocycles. The molecule has 0 saturated carbocycles. The van der Waals surface area contributed by atoms with E-state index in [1.807, 2.05) is 54.6 Å². The van der Waals surface area contributed by atoms with Crippen molar-refractivity contribution >= 4 is 55.2 Å². The molecule has 0 aliphatic carbocycles. The molecule has 0 aliphatic rings. The number of fused-ring (bicyclic) bond motifs is 6. The van der Waals surface area contributed by atoms with Crippen LogP contribution >= 0.6 is 0 Å². The van der Waals surface area contributed by atoms with Crippen LogP contribution in [0.15, 0.2) is 190 Å². The standard InChI is InChI=1S/C47H33N3O/c48-46(50-47(34-16-5-2-6-17-34)49-30-31-12-9-18-35(28-31)32-13-3-1-4-14-32)41-22-11-23-44-45(41)42-29-36(25-27-43(42)51-44)38-20-10-21-39-37-19-8-7-15-33(37)24-26-40(38)39/h1-29H,30H2,(H2,48,49,50). The van der Waals surface area contributed by atoms with E-state index in [4.69, 9.17) is 20.1 Å². The third-order valence-corrected chi connectivity index (χ3v) is 9.57. The molecular weight excluding hydrogens is 623 g/mol. The quantitative estimate of drug-likeness (QED) is 0.110. The lowest BCUT2D eigenvalue weighted by Crippen LogP contribution is -2.17. The number of nitrogens with zero attached hydrogens (tertiary/aromatic N) is 2. The van der Waals surface area contributed by atoms with Crippen molar-refractivity contribution in [2.75, 3.05) is 0 Å². The van der Waals surface area contributed by atoms with Gasteiger partial charge in [0.25, 0.3) is 0 Å². The number of nitrogens with two attached hydrogens (primary N) is 1. The summed E-state index contributed by atoms with van der Waals surface area (Å²) in [6.07, 6.45) is 0. The Hall–Kier alpha value is -6.78. The van der Waals surface area contributed by atoms with Gasteiger partial charge in [0.15, 0.2) is 5.84 Å². The number of hydrogen-bond acceptors (Lipinski definition) is 2. The van der Waals surface area contributed by atoms with Crippen LogP contribution in [0.2, 0.25) is 0 Å². The molecule has 2 N–H and O–H groups in total. The molecule has 0 atom stereocenters. The van der Waals surface area contributed by atoms with Gasteiger partial charge in [0.2, 0.25) is 0 Å². The van der Waals surface area contributed by atoms with Crippen LogP contribution in [0.5, 0.6) is 0 Å². The Bertz CT molecular complexity index is 2780. The predicted molar refractivity (Wildman–Crippen MR) is 213 cm³/mol. The number of aliphatic imine (C=N–C) groups is 2. The molecule has 9 rings (SSSR count). The van der Waals surface area contributed by atoms with Crippen molar-refractivity contribution < 1.29 is 4.42 Å². The highest BCUT2D eigenvalue weighted by molar-refractivity contribution is 6.21. The van der Waals surface area contributed by atoms with Gasteiger partial charge < -0.3 is 10.2 Å². The van der Waals surface area contributed by atoms with Crippen LogP contribution in [0.3, 0.4) is 0 Å². The van der Waals surface area contributed by atoms with Crippen molar-refractivity contribution in [3.05, 3.63) is 193 Å². The first-order valence-corrected chi connectivity index (χ1v) is 17.1. The third kappa shape index (κ3) is 5.73. The second-order valence-electron chi connectivity index (χ2n) is 12.7. The molecule has 0 bridgehead atoms. The summed E-state index contributed by atoms with van der Waals surface area (Å²) in [6.45, 7) is 0.463. The first kappa shape index (κ1) is 30.3. The Balaban J connectivity index is 1.14. The van der Waals surface area contributed by atoms with E-state index >= 15 is 0 Å². The van der Waals surface area contributed by atoms with Crippen molar-refractivity contribution in [1.29, 1.82) is 0 Å². The van der Waals surface area contributed by atoms with Crippen LogP contribution in [-0.4, -0.2) is 11.7 Å². The molecule has 0 aliphatic heterocycles. The van der Waals surface area contributed by atoms with Crippen LogP contribution < -0.4 is 5.73 Å². The summed E-state index contributed by atoms with van der Waals surface area (Å²) in [7, 11) is 0. The molecule has 0 fully saturated rings. The minimum atomic E-state index is 0.381. The van der Waals surface area contributed by atoms with E-state index < -0.39 is 0 Å². The van der Waals surface area contributed by atoms with Crippen LogP contribution in [0.1, 0.15) is 16.7 Å². The first-order chi connectivity index (χ1) is 25.2. The topological polar surface area (TPSA) is 63.9 Å². The molecule has 4 nitrogen and oxygen atoms in total. The van der Waals surface area contributed by atoms with Gasteiger partial charge in [-0.3, -0.25) is 4.99 Å². The van der Waals surface area contributed by atoms with Crippen LogP contribution in [-0.2, 0) is 6.54 Å². The average molecular weight is 656 g/mol. The second kappa shape index (κ2) is 12.9. The van der Waals surface area contributed by atoms with E-state index in [1.165, 1.54) is 32.7 Å². The Morgan fingerprint density at radius 3 is 2.14 bits per heavy atom. The minimum Gasteiger partial charge on any atom is -0.456 e. The Kier molecular flexibility index (Phi) is 7.67. The lowest BCUT2D eigenvalue weighted by Gasteiger charge is -2.10. The van der Waals surface area contributed by atoms with E-state index in [0.29, 0.717) is 18.2 Å². The molecule has 4 heteroatoms. The zero-order chi connectivity index (χ0) is 34.1. The van der Waals surface area contributed by atoms with Crippen molar-refractivity contribution in [3.8, 4) is 22.3 Å². The van der Waals surface area contributed by atoms with Gasteiger partial charge >= 0.3 is 0 Å². The molecule has 0 saturated heterocycles. The Labute approximate surface area is 295 Å². The van der Waals surface area contributed by atoms with Gasteiger partial charge in [-0.1, -0.05) is 152 Å². The smallest absolute Gasteiger partial charge is 0.157 e. The van der Waals surface area contributed by atoms with Gasteiger partial charge in [-0.25, -0.2) is 4.99 Å². The summed E-state index contributed by atoms with van der Waals surface area (Å²) in [5.41, 5.74) is 15.9. The summed E-state index contributed by atoms with van der Waals surface area (Å²) in [5.74, 6) is 0.956. The molecular formula is C47H33N3O. The normalized spacial score (nSPS) is 12.3. The van der Waals surface area contributed by atoms with Gasteiger partial charge in [0.05, 0.1) is 6.54 Å². The SMILES string of the molecule is NC(=NC(=NCc1cccc(-c2ccccc2)c1)c1ccccc1)c1cccc2oc3ccc(-c4cccc5c4ccc4ccccc45)cc3c12. The maximum absolute atomic E-state index is 6.92. The summed E-state index contributed by atoms with van der Waals surface area (Å²) in [5, 5.41) is 6.85. The van der Waals surface area contributed by atoms with Crippen molar-refractivity contribution in [2.24, 2.45) is 15.7 Å². The third-order valence-electron chi connectivity index (χ3n) is 9.57. The summed E-state index contributed by atoms with van der Waals surface area (Å²) in [6, 6.07) is 60.8. The van der Waals surface area contributed by atoms with Crippen LogP contribution in [0, 0.1) is 0 Å². The Morgan fingerprint density at radius 2 is 1.25 bits per heavy atom. The van der Waals surface area contributed by atoms with E-state index in [1.54, 1.807) is 0 Å². The second-order valence-corrected chi connectivity index (χ2v) is 12.7. The van der Waals surface area contributed by atoms with E-state index in [-0.39, 0.29) is 0 Å². The number of furan rings is 1. The fraction of sp³-hybridized carbons (Fsp3) is 0.0213. The number of hydrogen-bond donors (Lipinski definition) is 1. The van der Waals surface area contributed by atoms with Crippen molar-refractivity contribution in [2.45, 2.75) is 6.54 Å². The summed E-state index contributed by atoms with van der Waals surface area (Å²) < 4.78 is 6.38. The lowest BCUT2D eigenvalue weighted by atomic mass is 9.94. The molecule has 0 unspecified atom stereocenters. The van der Waals surface area contributed by atoms with Gasteiger partial charge in [-0.2, -0.15) is 0 Å². The minimum absolute atomic E-state index is 0.381.